The number of carbonyl (C=O) groups excluding carboxylic acids is 2. The minimum Gasteiger partial charge on any atom is -0.444 e. The summed E-state index contributed by atoms with van der Waals surface area (Å²) in [6.07, 6.45) is 4.79. The summed E-state index contributed by atoms with van der Waals surface area (Å²) in [6, 6.07) is 7.91. The van der Waals surface area contributed by atoms with Gasteiger partial charge in [-0.05, 0) is 73.3 Å². The fourth-order valence-electron chi connectivity index (χ4n) is 5.63. The van der Waals surface area contributed by atoms with Crippen molar-refractivity contribution < 1.29 is 19.1 Å². The van der Waals surface area contributed by atoms with Gasteiger partial charge in [0.15, 0.2) is 0 Å². The Balaban J connectivity index is 1.60. The number of para-hydroxylation sites is 1. The van der Waals surface area contributed by atoms with Crippen molar-refractivity contribution in [3.8, 4) is 0 Å². The van der Waals surface area contributed by atoms with E-state index in [4.69, 9.17) is 14.5 Å². The van der Waals surface area contributed by atoms with Crippen LogP contribution in [0.15, 0.2) is 30.5 Å². The monoisotopic (exact) mass is 506 g/mol. The number of benzene rings is 1. The van der Waals surface area contributed by atoms with Crippen LogP contribution in [0, 0.1) is 0 Å². The van der Waals surface area contributed by atoms with Gasteiger partial charge >= 0.3 is 12.2 Å². The zero-order valence-electron chi connectivity index (χ0n) is 22.8. The topological polar surface area (TPSA) is 87.8 Å². The number of pyridine rings is 1. The molecule has 5 rings (SSSR count). The van der Waals surface area contributed by atoms with Crippen LogP contribution in [-0.4, -0.2) is 56.2 Å². The van der Waals surface area contributed by atoms with E-state index < -0.39 is 11.2 Å². The number of hydrogen-bond donors (Lipinski definition) is 1. The van der Waals surface area contributed by atoms with Crippen LogP contribution >= 0.6 is 0 Å². The molecule has 0 spiro atoms. The van der Waals surface area contributed by atoms with Crippen LogP contribution in [-0.2, 0) is 9.47 Å². The number of hydrogen-bond acceptors (Lipinski definition) is 5. The molecule has 8 heteroatoms. The maximum absolute atomic E-state index is 13.1. The summed E-state index contributed by atoms with van der Waals surface area (Å²) in [5.41, 5.74) is 2.68. The standard InChI is InChI=1S/C29H38N4O4/c1-28(2,3)36-26(34)32-15-9-13-21(32)19-17-30-24(25-23(19)18-11-7-8-12-20(18)31-25)22-14-10-16-33(22)27(35)37-29(4,5)6/h7-8,11-12,17,21-22,31H,9-10,13-16H2,1-6H3/t21-,22-/m0/s1. The molecule has 1 aromatic carbocycles. The molecule has 2 aromatic heterocycles. The summed E-state index contributed by atoms with van der Waals surface area (Å²) in [5.74, 6) is 0. The second kappa shape index (κ2) is 9.23. The average Bonchev–Trinajstić information content (AvgIpc) is 3.53. The maximum atomic E-state index is 13.1. The number of likely N-dealkylation sites (tertiary alicyclic amines) is 2. The Bertz CT molecular complexity index is 1330. The molecule has 1 N–H and O–H groups in total. The van der Waals surface area contributed by atoms with Gasteiger partial charge in [0.25, 0.3) is 0 Å². The second-order valence-electron chi connectivity index (χ2n) is 12.2. The molecule has 8 nitrogen and oxygen atoms in total. The number of fused-ring (bicyclic) bond motifs is 3. The smallest absolute Gasteiger partial charge is 0.410 e. The van der Waals surface area contributed by atoms with Crippen LogP contribution < -0.4 is 0 Å². The van der Waals surface area contributed by atoms with Crippen LogP contribution in [0.1, 0.15) is 90.6 Å². The van der Waals surface area contributed by atoms with Crippen molar-refractivity contribution >= 4 is 34.0 Å². The van der Waals surface area contributed by atoms with Crippen molar-refractivity contribution in [2.75, 3.05) is 13.1 Å². The summed E-state index contributed by atoms with van der Waals surface area (Å²) in [4.78, 5) is 38.4. The number of aromatic amines is 1. The Morgan fingerprint density at radius 3 is 2.08 bits per heavy atom. The minimum atomic E-state index is -0.564. The Labute approximate surface area is 218 Å². The number of amides is 2. The Kier molecular flexibility index (Phi) is 6.32. The number of nitrogens with one attached hydrogen (secondary N) is 1. The van der Waals surface area contributed by atoms with Gasteiger partial charge in [-0.3, -0.25) is 9.88 Å². The van der Waals surface area contributed by atoms with Gasteiger partial charge in [-0.25, -0.2) is 9.59 Å². The van der Waals surface area contributed by atoms with Crippen molar-refractivity contribution in [3.05, 3.63) is 41.7 Å². The van der Waals surface area contributed by atoms with E-state index in [-0.39, 0.29) is 24.3 Å². The zero-order valence-corrected chi connectivity index (χ0v) is 22.8. The third kappa shape index (κ3) is 4.98. The van der Waals surface area contributed by atoms with Crippen LogP contribution in [0.2, 0.25) is 0 Å². The van der Waals surface area contributed by atoms with Crippen molar-refractivity contribution in [1.82, 2.24) is 19.8 Å². The molecule has 198 valence electrons. The summed E-state index contributed by atoms with van der Waals surface area (Å²) < 4.78 is 11.5. The van der Waals surface area contributed by atoms with Gasteiger partial charge in [0.2, 0.25) is 0 Å². The molecule has 2 atom stereocenters. The van der Waals surface area contributed by atoms with Gasteiger partial charge in [-0.15, -0.1) is 0 Å². The van der Waals surface area contributed by atoms with Crippen LogP contribution in [0.25, 0.3) is 21.8 Å². The van der Waals surface area contributed by atoms with Crippen LogP contribution in [0.5, 0.6) is 0 Å². The fraction of sp³-hybridized carbons (Fsp3) is 0.552. The molecule has 0 unspecified atom stereocenters. The lowest BCUT2D eigenvalue weighted by Crippen LogP contribution is -2.37. The highest BCUT2D eigenvalue weighted by molar-refractivity contribution is 6.10. The first-order valence-corrected chi connectivity index (χ1v) is 13.3. The molecule has 2 amide bonds. The van der Waals surface area contributed by atoms with Gasteiger partial charge < -0.3 is 19.4 Å². The summed E-state index contributed by atoms with van der Waals surface area (Å²) >= 11 is 0. The first-order chi connectivity index (χ1) is 17.4. The zero-order chi connectivity index (χ0) is 26.5. The third-order valence-electron chi connectivity index (χ3n) is 7.03. The van der Waals surface area contributed by atoms with Gasteiger partial charge in [0.1, 0.15) is 11.2 Å². The quantitative estimate of drug-likeness (QED) is 0.410. The lowest BCUT2D eigenvalue weighted by atomic mass is 9.97. The van der Waals surface area contributed by atoms with Crippen molar-refractivity contribution in [2.45, 2.75) is 90.5 Å². The largest absolute Gasteiger partial charge is 0.444 e. The molecule has 2 fully saturated rings. The lowest BCUT2D eigenvalue weighted by molar-refractivity contribution is 0.0210. The van der Waals surface area contributed by atoms with Gasteiger partial charge in [0, 0.05) is 41.1 Å². The number of aromatic nitrogens is 2. The molecule has 3 aromatic rings. The first-order valence-electron chi connectivity index (χ1n) is 13.3. The normalized spacial score (nSPS) is 20.7. The van der Waals surface area contributed by atoms with E-state index in [1.807, 2.05) is 64.8 Å². The predicted molar refractivity (Wildman–Crippen MR) is 143 cm³/mol. The highest BCUT2D eigenvalue weighted by Gasteiger charge is 2.38. The number of H-pyrrole nitrogens is 1. The molecule has 2 aliphatic rings. The van der Waals surface area contributed by atoms with Crippen LogP contribution in [0.3, 0.4) is 0 Å². The highest BCUT2D eigenvalue weighted by atomic mass is 16.6. The fourth-order valence-corrected chi connectivity index (χ4v) is 5.63. The maximum Gasteiger partial charge on any atom is 0.410 e. The van der Waals surface area contributed by atoms with E-state index in [1.54, 1.807) is 4.90 Å². The molecular formula is C29H38N4O4. The molecule has 0 bridgehead atoms. The SMILES string of the molecule is CC(C)(C)OC(=O)N1CCC[C@H]1c1ncc([C@@H]2CCCN2C(=O)OC(C)(C)C)c2c1[nH]c1ccccc12. The van der Waals surface area contributed by atoms with E-state index in [0.717, 1.165) is 58.7 Å². The number of carbonyl (C=O) groups is 2. The molecule has 2 saturated heterocycles. The van der Waals surface area contributed by atoms with E-state index in [0.29, 0.717) is 13.1 Å². The lowest BCUT2D eigenvalue weighted by Gasteiger charge is -2.30. The summed E-state index contributed by atoms with van der Waals surface area (Å²) in [7, 11) is 0. The first kappa shape index (κ1) is 25.4. The number of ether oxygens (including phenoxy) is 2. The van der Waals surface area contributed by atoms with E-state index >= 15 is 0 Å². The third-order valence-corrected chi connectivity index (χ3v) is 7.03. The molecule has 37 heavy (non-hydrogen) atoms. The molecule has 0 aliphatic carbocycles. The van der Waals surface area contributed by atoms with Gasteiger partial charge in [0.05, 0.1) is 23.3 Å². The molecule has 0 radical (unpaired) electrons. The Morgan fingerprint density at radius 1 is 0.892 bits per heavy atom. The second-order valence-corrected chi connectivity index (χ2v) is 12.2. The van der Waals surface area contributed by atoms with E-state index in [1.165, 1.54) is 0 Å². The summed E-state index contributed by atoms with van der Waals surface area (Å²) in [6.45, 7) is 12.6. The predicted octanol–water partition coefficient (Wildman–Crippen LogP) is 6.86. The van der Waals surface area contributed by atoms with Crippen LogP contribution in [0.4, 0.5) is 9.59 Å². The Hall–Kier alpha value is -3.29. The Morgan fingerprint density at radius 2 is 1.46 bits per heavy atom. The molecular weight excluding hydrogens is 468 g/mol. The van der Waals surface area contributed by atoms with Gasteiger partial charge in [-0.1, -0.05) is 18.2 Å². The van der Waals surface area contributed by atoms with Gasteiger partial charge in [-0.2, -0.15) is 0 Å². The van der Waals surface area contributed by atoms with Crippen molar-refractivity contribution in [1.29, 1.82) is 0 Å². The summed E-state index contributed by atoms with van der Waals surface area (Å²) in [5, 5.41) is 2.16. The van der Waals surface area contributed by atoms with Crippen molar-refractivity contribution in [2.24, 2.45) is 0 Å². The van der Waals surface area contributed by atoms with E-state index in [2.05, 4.69) is 17.1 Å². The number of nitrogens with zero attached hydrogens (tertiary/aromatic N) is 3. The van der Waals surface area contributed by atoms with E-state index in [9.17, 15) is 9.59 Å². The molecule has 2 aliphatic heterocycles. The molecule has 0 saturated carbocycles. The average molecular weight is 507 g/mol. The minimum absolute atomic E-state index is 0.122. The molecule has 4 heterocycles. The number of rotatable bonds is 2. The van der Waals surface area contributed by atoms with Crippen molar-refractivity contribution in [3.63, 3.8) is 0 Å². The highest BCUT2D eigenvalue weighted by Crippen LogP contribution is 2.43.